The van der Waals surface area contributed by atoms with Crippen molar-refractivity contribution >= 4 is 23.3 Å². The number of nitrogens with one attached hydrogen (secondary N) is 1. The number of amides is 1. The van der Waals surface area contributed by atoms with Crippen LogP contribution in [0.1, 0.15) is 40.2 Å². The van der Waals surface area contributed by atoms with Gasteiger partial charge >= 0.3 is 12.1 Å². The van der Waals surface area contributed by atoms with E-state index in [1.807, 2.05) is 84.9 Å². The van der Waals surface area contributed by atoms with Gasteiger partial charge in [-0.3, -0.25) is 9.59 Å². The lowest BCUT2D eigenvalue weighted by Gasteiger charge is -2.36. The predicted octanol–water partition coefficient (Wildman–Crippen LogP) is 9.25. The maximum atomic E-state index is 13.4. The minimum atomic E-state index is -4.44. The molecule has 5 aromatic carbocycles. The summed E-state index contributed by atoms with van der Waals surface area (Å²) in [6, 6.07) is 38.4. The molecule has 0 aromatic heterocycles. The highest BCUT2D eigenvalue weighted by Crippen LogP contribution is 2.36. The summed E-state index contributed by atoms with van der Waals surface area (Å²) in [5, 5.41) is 2.92. The van der Waals surface area contributed by atoms with E-state index in [1.165, 1.54) is 12.1 Å². The zero-order valence-corrected chi connectivity index (χ0v) is 27.3. The standard InChI is InChI=1S/C41H37F3N2O4/c42-41(43,44)32-17-15-29(16-18-32)36-13-7-8-14-37(36)39(47)45-33-19-21-34(22-20-33)46-25-23-31(24-26-46)38(30-9-3-1-4-10-30)40(48)50-28-27-49-35-11-5-2-6-12-35/h1-22,31,38H,23-28H2,(H,45,47). The number of halogens is 3. The van der Waals surface area contributed by atoms with Gasteiger partial charge in [0.15, 0.2) is 0 Å². The summed E-state index contributed by atoms with van der Waals surface area (Å²) >= 11 is 0. The summed E-state index contributed by atoms with van der Waals surface area (Å²) in [6.07, 6.45) is -2.84. The molecule has 0 bridgehead atoms. The molecule has 256 valence electrons. The Labute approximate surface area is 289 Å². The van der Waals surface area contributed by atoms with Gasteiger partial charge in [-0.1, -0.05) is 78.9 Å². The highest BCUT2D eigenvalue weighted by Gasteiger charge is 2.34. The molecule has 1 saturated heterocycles. The minimum absolute atomic E-state index is 0.111. The zero-order valence-electron chi connectivity index (χ0n) is 27.3. The number of rotatable bonds is 11. The van der Waals surface area contributed by atoms with Crippen LogP contribution in [0.15, 0.2) is 133 Å². The average Bonchev–Trinajstić information content (AvgIpc) is 3.15. The zero-order chi connectivity index (χ0) is 34.9. The van der Waals surface area contributed by atoms with Gasteiger partial charge in [0.1, 0.15) is 19.0 Å². The molecule has 50 heavy (non-hydrogen) atoms. The molecule has 1 atom stereocenters. The molecule has 1 amide bonds. The summed E-state index contributed by atoms with van der Waals surface area (Å²) in [4.78, 5) is 29.0. The topological polar surface area (TPSA) is 67.9 Å². The normalized spacial score (nSPS) is 14.1. The molecule has 1 unspecified atom stereocenters. The number of hydrogen-bond acceptors (Lipinski definition) is 5. The van der Waals surface area contributed by atoms with Gasteiger partial charge in [-0.05, 0) is 90.0 Å². The molecule has 1 N–H and O–H groups in total. The minimum Gasteiger partial charge on any atom is -0.490 e. The number of alkyl halides is 3. The lowest BCUT2D eigenvalue weighted by molar-refractivity contribution is -0.148. The van der Waals surface area contributed by atoms with Gasteiger partial charge in [0, 0.05) is 30.0 Å². The van der Waals surface area contributed by atoms with E-state index >= 15 is 0 Å². The van der Waals surface area contributed by atoms with E-state index in [2.05, 4.69) is 10.2 Å². The van der Waals surface area contributed by atoms with Crippen molar-refractivity contribution < 1.29 is 32.2 Å². The second-order valence-electron chi connectivity index (χ2n) is 12.2. The lowest BCUT2D eigenvalue weighted by Crippen LogP contribution is -2.38. The molecule has 0 saturated carbocycles. The highest BCUT2D eigenvalue weighted by molar-refractivity contribution is 6.08. The molecule has 1 aliphatic heterocycles. The van der Waals surface area contributed by atoms with E-state index in [0.29, 0.717) is 22.4 Å². The molecule has 9 heteroatoms. The second-order valence-corrected chi connectivity index (χ2v) is 12.2. The first kappa shape index (κ1) is 34.3. The fourth-order valence-electron chi connectivity index (χ4n) is 6.39. The predicted molar refractivity (Wildman–Crippen MR) is 188 cm³/mol. The molecule has 5 aromatic rings. The third kappa shape index (κ3) is 8.52. The van der Waals surface area contributed by atoms with Crippen LogP contribution in [0.2, 0.25) is 0 Å². The van der Waals surface area contributed by atoms with Crippen molar-refractivity contribution in [2.75, 3.05) is 36.5 Å². The Bertz CT molecular complexity index is 1860. The van der Waals surface area contributed by atoms with Crippen LogP contribution >= 0.6 is 0 Å². The molecule has 0 radical (unpaired) electrons. The summed E-state index contributed by atoms with van der Waals surface area (Å²) in [6.45, 7) is 1.95. The van der Waals surface area contributed by atoms with Crippen LogP contribution in [0, 0.1) is 5.92 Å². The Balaban J connectivity index is 1.05. The summed E-state index contributed by atoms with van der Waals surface area (Å²) in [5.41, 5.74) is 3.21. The van der Waals surface area contributed by atoms with E-state index in [9.17, 15) is 22.8 Å². The first-order chi connectivity index (χ1) is 24.3. The second kappa shape index (κ2) is 15.8. The van der Waals surface area contributed by atoms with Crippen molar-refractivity contribution in [3.8, 4) is 16.9 Å². The van der Waals surface area contributed by atoms with Gasteiger partial charge in [0.25, 0.3) is 5.91 Å². The molecular weight excluding hydrogens is 641 g/mol. The average molecular weight is 679 g/mol. The summed E-state index contributed by atoms with van der Waals surface area (Å²) < 4.78 is 50.6. The fraction of sp³-hybridized carbons (Fsp3) is 0.220. The van der Waals surface area contributed by atoms with Crippen molar-refractivity contribution in [1.82, 2.24) is 0 Å². The number of benzene rings is 5. The van der Waals surface area contributed by atoms with Gasteiger partial charge in [0.2, 0.25) is 0 Å². The Morgan fingerprint density at radius 2 is 1.36 bits per heavy atom. The summed E-state index contributed by atoms with van der Waals surface area (Å²) in [5.74, 6) is -0.142. The van der Waals surface area contributed by atoms with Gasteiger partial charge < -0.3 is 19.7 Å². The molecule has 0 aliphatic carbocycles. The number of carbonyl (C=O) groups excluding carboxylic acids is 2. The van der Waals surface area contributed by atoms with Gasteiger partial charge in [0.05, 0.1) is 11.5 Å². The Morgan fingerprint density at radius 3 is 2.02 bits per heavy atom. The smallest absolute Gasteiger partial charge is 0.416 e. The monoisotopic (exact) mass is 678 g/mol. The lowest BCUT2D eigenvalue weighted by atomic mass is 9.80. The fourth-order valence-corrected chi connectivity index (χ4v) is 6.39. The number of hydrogen-bond donors (Lipinski definition) is 1. The highest BCUT2D eigenvalue weighted by atomic mass is 19.4. The number of anilines is 2. The van der Waals surface area contributed by atoms with Crippen LogP contribution in [-0.2, 0) is 15.7 Å². The van der Waals surface area contributed by atoms with Crippen LogP contribution in [-0.4, -0.2) is 38.2 Å². The summed E-state index contributed by atoms with van der Waals surface area (Å²) in [7, 11) is 0. The van der Waals surface area contributed by atoms with Crippen LogP contribution in [0.4, 0.5) is 24.5 Å². The molecular formula is C41H37F3N2O4. The van der Waals surface area contributed by atoms with Crippen LogP contribution < -0.4 is 15.0 Å². The number of ether oxygens (including phenoxy) is 2. The maximum Gasteiger partial charge on any atom is 0.416 e. The van der Waals surface area contributed by atoms with Gasteiger partial charge in [-0.15, -0.1) is 0 Å². The molecule has 1 fully saturated rings. The van der Waals surface area contributed by atoms with Crippen molar-refractivity contribution in [3.05, 3.63) is 150 Å². The van der Waals surface area contributed by atoms with Crippen molar-refractivity contribution in [1.29, 1.82) is 0 Å². The number of nitrogens with zero attached hydrogens (tertiary/aromatic N) is 1. The van der Waals surface area contributed by atoms with Crippen molar-refractivity contribution in [2.24, 2.45) is 5.92 Å². The molecule has 1 heterocycles. The van der Waals surface area contributed by atoms with Crippen molar-refractivity contribution in [2.45, 2.75) is 24.9 Å². The number of para-hydroxylation sites is 1. The Morgan fingerprint density at radius 1 is 0.740 bits per heavy atom. The third-order valence-electron chi connectivity index (χ3n) is 8.95. The molecule has 6 nitrogen and oxygen atoms in total. The Kier molecular flexibility index (Phi) is 10.8. The van der Waals surface area contributed by atoms with Gasteiger partial charge in [-0.25, -0.2) is 0 Å². The van der Waals surface area contributed by atoms with E-state index in [0.717, 1.165) is 55.1 Å². The first-order valence-electron chi connectivity index (χ1n) is 16.6. The largest absolute Gasteiger partial charge is 0.490 e. The first-order valence-corrected chi connectivity index (χ1v) is 16.6. The van der Waals surface area contributed by atoms with Crippen LogP contribution in [0.3, 0.4) is 0 Å². The quantitative estimate of drug-likeness (QED) is 0.111. The van der Waals surface area contributed by atoms with E-state index < -0.39 is 11.7 Å². The third-order valence-corrected chi connectivity index (χ3v) is 8.95. The SMILES string of the molecule is O=C(Nc1ccc(N2CCC(C(C(=O)OCCOc3ccccc3)c3ccccc3)CC2)cc1)c1ccccc1-c1ccc(C(F)(F)F)cc1. The van der Waals surface area contributed by atoms with Crippen LogP contribution in [0.5, 0.6) is 5.75 Å². The number of piperidine rings is 1. The number of esters is 1. The molecule has 6 rings (SSSR count). The maximum absolute atomic E-state index is 13.4. The van der Waals surface area contributed by atoms with Gasteiger partial charge in [-0.2, -0.15) is 13.2 Å². The molecule has 1 aliphatic rings. The van der Waals surface area contributed by atoms with E-state index in [4.69, 9.17) is 9.47 Å². The van der Waals surface area contributed by atoms with E-state index in [-0.39, 0.29) is 36.9 Å². The Hall–Kier alpha value is -5.57. The van der Waals surface area contributed by atoms with Crippen LogP contribution in [0.25, 0.3) is 11.1 Å². The van der Waals surface area contributed by atoms with E-state index in [1.54, 1.807) is 24.3 Å². The van der Waals surface area contributed by atoms with Crippen molar-refractivity contribution in [3.63, 3.8) is 0 Å². The molecule has 0 spiro atoms. The number of carbonyl (C=O) groups is 2.